The number of carboxylic acids is 1. The van der Waals surface area contributed by atoms with Crippen LogP contribution >= 0.6 is 0 Å². The van der Waals surface area contributed by atoms with Gasteiger partial charge in [0, 0.05) is 12.1 Å². The van der Waals surface area contributed by atoms with Crippen LogP contribution in [0.1, 0.15) is 27.2 Å². The highest BCUT2D eigenvalue weighted by Crippen LogP contribution is 2.07. The molecule has 0 aromatic rings. The largest absolute Gasteiger partial charge is 0.480 e. The lowest BCUT2D eigenvalue weighted by molar-refractivity contribution is -0.137. The lowest BCUT2D eigenvalue weighted by atomic mass is 10.0. The number of carbonyl (C=O) groups excluding carboxylic acids is 1. The summed E-state index contributed by atoms with van der Waals surface area (Å²) in [6, 6.07) is -0.380. The Bertz CT molecular complexity index is 274. The summed E-state index contributed by atoms with van der Waals surface area (Å²) in [7, 11) is 0. The number of carboxylic acid groups (broad SMARTS) is 1. The lowest BCUT2D eigenvalue weighted by Gasteiger charge is -2.28. The molecule has 5 nitrogen and oxygen atoms in total. The molecule has 2 N–H and O–H groups in total. The van der Waals surface area contributed by atoms with Crippen LogP contribution in [-0.4, -0.2) is 40.6 Å². The third-order valence-corrected chi connectivity index (χ3v) is 2.29. The van der Waals surface area contributed by atoms with Crippen molar-refractivity contribution in [3.05, 3.63) is 12.7 Å². The van der Waals surface area contributed by atoms with Crippen molar-refractivity contribution < 1.29 is 14.7 Å². The van der Waals surface area contributed by atoms with Crippen LogP contribution in [0.25, 0.3) is 0 Å². The maximum atomic E-state index is 11.7. The van der Waals surface area contributed by atoms with E-state index in [2.05, 4.69) is 11.9 Å². The Kier molecular flexibility index (Phi) is 5.56. The van der Waals surface area contributed by atoms with Crippen LogP contribution in [0.4, 0.5) is 4.79 Å². The molecule has 0 saturated carbocycles. The molecule has 0 spiro atoms. The number of rotatable bonds is 6. The van der Waals surface area contributed by atoms with Gasteiger partial charge in [0.05, 0.1) is 0 Å². The highest BCUT2D eigenvalue weighted by atomic mass is 16.4. The van der Waals surface area contributed by atoms with Gasteiger partial charge in [-0.3, -0.25) is 4.79 Å². The van der Waals surface area contributed by atoms with Crippen molar-refractivity contribution in [1.29, 1.82) is 0 Å². The fourth-order valence-corrected chi connectivity index (χ4v) is 0.995. The summed E-state index contributed by atoms with van der Waals surface area (Å²) in [5, 5.41) is 11.4. The van der Waals surface area contributed by atoms with Gasteiger partial charge < -0.3 is 15.3 Å². The average molecular weight is 228 g/mol. The number of nitrogens with zero attached hydrogens (tertiary/aromatic N) is 1. The molecule has 0 aromatic heterocycles. The SMILES string of the molecule is C=CCN(CC(=O)O)C(=O)NC(C)(C)CC. The van der Waals surface area contributed by atoms with Gasteiger partial charge in [0.2, 0.25) is 0 Å². The predicted octanol–water partition coefficient (Wildman–Crippen LogP) is 1.46. The zero-order chi connectivity index (χ0) is 12.8. The van der Waals surface area contributed by atoms with Gasteiger partial charge in [-0.2, -0.15) is 0 Å². The Balaban J connectivity index is 4.49. The van der Waals surface area contributed by atoms with E-state index in [9.17, 15) is 9.59 Å². The summed E-state index contributed by atoms with van der Waals surface area (Å²) in [6.07, 6.45) is 2.27. The number of aliphatic carboxylic acids is 1. The Morgan fingerprint density at radius 2 is 2.06 bits per heavy atom. The van der Waals surface area contributed by atoms with Crippen LogP contribution in [0.5, 0.6) is 0 Å². The van der Waals surface area contributed by atoms with Gasteiger partial charge in [-0.15, -0.1) is 6.58 Å². The van der Waals surface area contributed by atoms with E-state index in [4.69, 9.17) is 5.11 Å². The number of carbonyl (C=O) groups is 2. The highest BCUT2D eigenvalue weighted by molar-refractivity contribution is 5.80. The van der Waals surface area contributed by atoms with Gasteiger partial charge in [0.15, 0.2) is 0 Å². The van der Waals surface area contributed by atoms with Crippen LogP contribution in [0.3, 0.4) is 0 Å². The van der Waals surface area contributed by atoms with Crippen LogP contribution in [-0.2, 0) is 4.79 Å². The zero-order valence-corrected chi connectivity index (χ0v) is 10.1. The molecule has 2 amide bonds. The monoisotopic (exact) mass is 228 g/mol. The lowest BCUT2D eigenvalue weighted by Crippen LogP contribution is -2.51. The Morgan fingerprint density at radius 1 is 1.50 bits per heavy atom. The third kappa shape index (κ3) is 5.38. The minimum Gasteiger partial charge on any atom is -0.480 e. The maximum absolute atomic E-state index is 11.7. The Morgan fingerprint density at radius 3 is 2.44 bits per heavy atom. The van der Waals surface area contributed by atoms with E-state index in [0.717, 1.165) is 6.42 Å². The summed E-state index contributed by atoms with van der Waals surface area (Å²) in [5.41, 5.74) is -0.338. The molecule has 0 atom stereocenters. The molecule has 0 radical (unpaired) electrons. The first-order valence-corrected chi connectivity index (χ1v) is 5.22. The number of amides is 2. The molecule has 0 aliphatic rings. The van der Waals surface area contributed by atoms with Crippen LogP contribution in [0, 0.1) is 0 Å². The van der Waals surface area contributed by atoms with Gasteiger partial charge >= 0.3 is 12.0 Å². The van der Waals surface area contributed by atoms with Gasteiger partial charge in [-0.1, -0.05) is 13.0 Å². The highest BCUT2D eigenvalue weighted by Gasteiger charge is 2.22. The molecule has 0 bridgehead atoms. The molecule has 0 unspecified atom stereocenters. The van der Waals surface area contributed by atoms with E-state index in [-0.39, 0.29) is 24.7 Å². The van der Waals surface area contributed by atoms with Crippen molar-refractivity contribution in [1.82, 2.24) is 10.2 Å². The van der Waals surface area contributed by atoms with E-state index in [0.29, 0.717) is 0 Å². The minimum absolute atomic E-state index is 0.220. The fraction of sp³-hybridized carbons (Fsp3) is 0.636. The normalized spacial score (nSPS) is 10.7. The predicted molar refractivity (Wildman–Crippen MR) is 62.3 cm³/mol. The molecular weight excluding hydrogens is 208 g/mol. The molecule has 92 valence electrons. The standard InChI is InChI=1S/C11H20N2O3/c1-5-7-13(8-9(14)15)10(16)12-11(3,4)6-2/h5H,1,6-8H2,2-4H3,(H,12,16)(H,14,15). The second kappa shape index (κ2) is 6.15. The molecule has 0 aliphatic heterocycles. The number of nitrogens with one attached hydrogen (secondary N) is 1. The molecule has 5 heteroatoms. The van der Waals surface area contributed by atoms with Crippen molar-refractivity contribution in [3.63, 3.8) is 0 Å². The maximum Gasteiger partial charge on any atom is 0.323 e. The Labute approximate surface area is 96.1 Å². The molecule has 0 rings (SSSR count). The van der Waals surface area contributed by atoms with E-state index in [1.807, 2.05) is 20.8 Å². The molecule has 0 aliphatic carbocycles. The van der Waals surface area contributed by atoms with E-state index >= 15 is 0 Å². The molecule has 16 heavy (non-hydrogen) atoms. The van der Waals surface area contributed by atoms with Gasteiger partial charge in [0.1, 0.15) is 6.54 Å². The molecule has 0 fully saturated rings. The molecular formula is C11H20N2O3. The van der Waals surface area contributed by atoms with Crippen molar-refractivity contribution in [2.75, 3.05) is 13.1 Å². The average Bonchev–Trinajstić information content (AvgIpc) is 2.16. The first-order valence-electron chi connectivity index (χ1n) is 5.22. The van der Waals surface area contributed by atoms with Crippen molar-refractivity contribution in [2.24, 2.45) is 0 Å². The number of hydrogen-bond acceptors (Lipinski definition) is 2. The van der Waals surface area contributed by atoms with Crippen LogP contribution in [0.2, 0.25) is 0 Å². The molecule has 0 heterocycles. The van der Waals surface area contributed by atoms with Crippen LogP contribution < -0.4 is 5.32 Å². The first-order chi connectivity index (χ1) is 7.32. The van der Waals surface area contributed by atoms with E-state index in [1.54, 1.807) is 0 Å². The van der Waals surface area contributed by atoms with E-state index in [1.165, 1.54) is 11.0 Å². The second-order valence-corrected chi connectivity index (χ2v) is 4.23. The van der Waals surface area contributed by atoms with Gasteiger partial charge in [0.25, 0.3) is 0 Å². The topological polar surface area (TPSA) is 69.6 Å². The minimum atomic E-state index is -1.04. The van der Waals surface area contributed by atoms with Crippen molar-refractivity contribution in [2.45, 2.75) is 32.7 Å². The summed E-state index contributed by atoms with van der Waals surface area (Å²) in [6.45, 7) is 9.12. The first kappa shape index (κ1) is 14.5. The number of hydrogen-bond donors (Lipinski definition) is 2. The van der Waals surface area contributed by atoms with Gasteiger partial charge in [-0.25, -0.2) is 4.79 Å². The second-order valence-electron chi connectivity index (χ2n) is 4.23. The van der Waals surface area contributed by atoms with Crippen LogP contribution in [0.15, 0.2) is 12.7 Å². The smallest absolute Gasteiger partial charge is 0.323 e. The summed E-state index contributed by atoms with van der Waals surface area (Å²) in [5.74, 6) is -1.04. The number of urea groups is 1. The molecule has 0 saturated heterocycles. The van der Waals surface area contributed by atoms with Gasteiger partial charge in [-0.05, 0) is 20.3 Å². The Hall–Kier alpha value is -1.52. The van der Waals surface area contributed by atoms with Crippen molar-refractivity contribution in [3.8, 4) is 0 Å². The summed E-state index contributed by atoms with van der Waals surface area (Å²) in [4.78, 5) is 23.5. The summed E-state index contributed by atoms with van der Waals surface area (Å²) < 4.78 is 0. The van der Waals surface area contributed by atoms with E-state index < -0.39 is 5.97 Å². The third-order valence-electron chi connectivity index (χ3n) is 2.29. The van der Waals surface area contributed by atoms with Crippen molar-refractivity contribution >= 4 is 12.0 Å². The fourth-order valence-electron chi connectivity index (χ4n) is 0.995. The zero-order valence-electron chi connectivity index (χ0n) is 10.1. The quantitative estimate of drug-likeness (QED) is 0.676. The molecule has 0 aromatic carbocycles. The summed E-state index contributed by atoms with van der Waals surface area (Å²) >= 11 is 0.